The quantitative estimate of drug-likeness (QED) is 0.829. The summed E-state index contributed by atoms with van der Waals surface area (Å²) in [6.07, 6.45) is 1.87. The van der Waals surface area contributed by atoms with Gasteiger partial charge in [-0.05, 0) is 26.7 Å². The Kier molecular flexibility index (Phi) is 5.02. The second-order valence-electron chi connectivity index (χ2n) is 4.63. The molecule has 0 unspecified atom stereocenters. The monoisotopic (exact) mass is 291 g/mol. The van der Waals surface area contributed by atoms with Gasteiger partial charge in [0.2, 0.25) is 5.95 Å². The van der Waals surface area contributed by atoms with Gasteiger partial charge in [0.15, 0.2) is 0 Å². The number of aryl methyl sites for hydroxylation is 2. The predicted molar refractivity (Wildman–Crippen MR) is 78.8 cm³/mol. The Balaban J connectivity index is 2.36. The van der Waals surface area contributed by atoms with E-state index in [9.17, 15) is 0 Å². The fourth-order valence-electron chi connectivity index (χ4n) is 1.72. The molecule has 0 spiro atoms. The Hall–Kier alpha value is -2.25. The summed E-state index contributed by atoms with van der Waals surface area (Å²) in [6.45, 7) is 9.14. The third kappa shape index (κ3) is 3.87. The van der Waals surface area contributed by atoms with Crippen molar-refractivity contribution in [1.82, 2.24) is 29.7 Å². The van der Waals surface area contributed by atoms with Crippen LogP contribution in [-0.4, -0.2) is 42.9 Å². The van der Waals surface area contributed by atoms with E-state index in [2.05, 4.69) is 37.3 Å². The van der Waals surface area contributed by atoms with Gasteiger partial charge in [-0.15, -0.1) is 5.10 Å². The third-order valence-corrected chi connectivity index (χ3v) is 2.64. The highest BCUT2D eigenvalue weighted by Gasteiger charge is 2.13. The minimum atomic E-state index is 0.299. The smallest absolute Gasteiger partial charge is 0.323 e. The van der Waals surface area contributed by atoms with Gasteiger partial charge in [-0.1, -0.05) is 13.8 Å². The predicted octanol–water partition coefficient (Wildman–Crippen LogP) is 1.68. The number of rotatable bonds is 7. The topological polar surface area (TPSA) is 90.6 Å². The van der Waals surface area contributed by atoms with E-state index in [0.717, 1.165) is 25.2 Å². The molecule has 0 aliphatic rings. The molecular weight excluding hydrogens is 270 g/mol. The van der Waals surface area contributed by atoms with Gasteiger partial charge in [-0.25, -0.2) is 4.98 Å². The van der Waals surface area contributed by atoms with Crippen LogP contribution in [-0.2, 0) is 0 Å². The van der Waals surface area contributed by atoms with Crippen LogP contribution in [0.4, 0.5) is 5.95 Å². The SMILES string of the molecule is CCCNc1nc(OCCC)nc(-n2nc(C)nc2C)n1. The first-order valence-corrected chi connectivity index (χ1v) is 7.17. The minimum absolute atomic E-state index is 0.299. The molecule has 0 aromatic carbocycles. The molecule has 114 valence electrons. The number of hydrogen-bond acceptors (Lipinski definition) is 7. The zero-order valence-electron chi connectivity index (χ0n) is 12.9. The molecule has 0 radical (unpaired) electrons. The molecule has 0 aliphatic heterocycles. The molecule has 0 saturated carbocycles. The van der Waals surface area contributed by atoms with Crippen LogP contribution in [0.2, 0.25) is 0 Å². The Morgan fingerprint density at radius 1 is 1.05 bits per heavy atom. The molecule has 2 heterocycles. The number of ether oxygens (including phenoxy) is 1. The van der Waals surface area contributed by atoms with E-state index in [4.69, 9.17) is 4.74 Å². The lowest BCUT2D eigenvalue weighted by molar-refractivity contribution is 0.291. The lowest BCUT2D eigenvalue weighted by Crippen LogP contribution is -2.13. The average Bonchev–Trinajstić information content (AvgIpc) is 2.81. The normalized spacial score (nSPS) is 10.7. The maximum Gasteiger partial charge on any atom is 0.323 e. The molecule has 2 rings (SSSR count). The van der Waals surface area contributed by atoms with Crippen molar-refractivity contribution in [2.24, 2.45) is 0 Å². The maximum absolute atomic E-state index is 5.52. The van der Waals surface area contributed by atoms with Crippen molar-refractivity contribution in [2.75, 3.05) is 18.5 Å². The molecule has 1 N–H and O–H groups in total. The number of nitrogens with zero attached hydrogens (tertiary/aromatic N) is 6. The molecule has 0 atom stereocenters. The standard InChI is InChI=1S/C13H21N7O/c1-5-7-14-11-16-12(18-13(17-11)21-8-6-2)20-10(4)15-9(3)19-20/h5-8H2,1-4H3,(H,14,16,17,18). The number of aromatic nitrogens is 6. The summed E-state index contributed by atoms with van der Waals surface area (Å²) in [5.41, 5.74) is 0. The Morgan fingerprint density at radius 3 is 2.48 bits per heavy atom. The van der Waals surface area contributed by atoms with Crippen molar-refractivity contribution in [2.45, 2.75) is 40.5 Å². The molecule has 21 heavy (non-hydrogen) atoms. The first kappa shape index (κ1) is 15.1. The van der Waals surface area contributed by atoms with Gasteiger partial charge in [-0.2, -0.15) is 19.6 Å². The van der Waals surface area contributed by atoms with Crippen molar-refractivity contribution in [1.29, 1.82) is 0 Å². The van der Waals surface area contributed by atoms with Gasteiger partial charge in [0, 0.05) is 6.54 Å². The van der Waals surface area contributed by atoms with E-state index in [0.29, 0.717) is 30.3 Å². The van der Waals surface area contributed by atoms with Crippen LogP contribution in [0.25, 0.3) is 5.95 Å². The summed E-state index contributed by atoms with van der Waals surface area (Å²) in [5, 5.41) is 7.44. The second-order valence-corrected chi connectivity index (χ2v) is 4.63. The fourth-order valence-corrected chi connectivity index (χ4v) is 1.72. The molecule has 0 bridgehead atoms. The summed E-state index contributed by atoms with van der Waals surface area (Å²) in [7, 11) is 0. The lowest BCUT2D eigenvalue weighted by atomic mass is 10.5. The first-order valence-electron chi connectivity index (χ1n) is 7.17. The van der Waals surface area contributed by atoms with E-state index < -0.39 is 0 Å². The zero-order chi connectivity index (χ0) is 15.2. The highest BCUT2D eigenvalue weighted by Crippen LogP contribution is 2.12. The molecular formula is C13H21N7O. The van der Waals surface area contributed by atoms with Gasteiger partial charge >= 0.3 is 6.01 Å². The number of anilines is 1. The van der Waals surface area contributed by atoms with Crippen molar-refractivity contribution < 1.29 is 4.74 Å². The van der Waals surface area contributed by atoms with Crippen LogP contribution >= 0.6 is 0 Å². The van der Waals surface area contributed by atoms with Crippen molar-refractivity contribution >= 4 is 5.95 Å². The van der Waals surface area contributed by atoms with Gasteiger partial charge in [0.25, 0.3) is 5.95 Å². The van der Waals surface area contributed by atoms with E-state index >= 15 is 0 Å². The zero-order valence-corrected chi connectivity index (χ0v) is 12.9. The molecule has 0 fully saturated rings. The largest absolute Gasteiger partial charge is 0.463 e. The molecule has 2 aromatic rings. The van der Waals surface area contributed by atoms with E-state index in [1.165, 1.54) is 0 Å². The van der Waals surface area contributed by atoms with E-state index in [1.54, 1.807) is 4.68 Å². The first-order chi connectivity index (χ1) is 10.1. The summed E-state index contributed by atoms with van der Waals surface area (Å²) < 4.78 is 7.11. The Morgan fingerprint density at radius 2 is 1.86 bits per heavy atom. The van der Waals surface area contributed by atoms with Gasteiger partial charge < -0.3 is 10.1 Å². The molecule has 2 aromatic heterocycles. The molecule has 8 heteroatoms. The third-order valence-electron chi connectivity index (χ3n) is 2.64. The van der Waals surface area contributed by atoms with Crippen LogP contribution in [0.5, 0.6) is 6.01 Å². The molecule has 0 aliphatic carbocycles. The van der Waals surface area contributed by atoms with Gasteiger partial charge in [0.1, 0.15) is 11.6 Å². The van der Waals surface area contributed by atoms with E-state index in [-0.39, 0.29) is 0 Å². The van der Waals surface area contributed by atoms with Gasteiger partial charge in [0.05, 0.1) is 6.61 Å². The highest BCUT2D eigenvalue weighted by molar-refractivity contribution is 5.30. The highest BCUT2D eigenvalue weighted by atomic mass is 16.5. The van der Waals surface area contributed by atoms with E-state index in [1.807, 2.05) is 20.8 Å². The molecule has 0 saturated heterocycles. The van der Waals surface area contributed by atoms with Crippen molar-refractivity contribution in [3.8, 4) is 12.0 Å². The van der Waals surface area contributed by atoms with Crippen LogP contribution in [0.15, 0.2) is 0 Å². The summed E-state index contributed by atoms with van der Waals surface area (Å²) in [6, 6.07) is 0.299. The molecule has 0 amide bonds. The van der Waals surface area contributed by atoms with Crippen LogP contribution in [0.1, 0.15) is 38.3 Å². The Labute approximate surface area is 124 Å². The van der Waals surface area contributed by atoms with Crippen LogP contribution in [0.3, 0.4) is 0 Å². The van der Waals surface area contributed by atoms with Crippen LogP contribution < -0.4 is 10.1 Å². The van der Waals surface area contributed by atoms with Gasteiger partial charge in [-0.3, -0.25) is 0 Å². The summed E-state index contributed by atoms with van der Waals surface area (Å²) in [5.74, 6) is 2.29. The number of hydrogen-bond donors (Lipinski definition) is 1. The summed E-state index contributed by atoms with van der Waals surface area (Å²) in [4.78, 5) is 17.2. The van der Waals surface area contributed by atoms with Crippen molar-refractivity contribution in [3.63, 3.8) is 0 Å². The molecule has 8 nitrogen and oxygen atoms in total. The maximum atomic E-state index is 5.52. The summed E-state index contributed by atoms with van der Waals surface area (Å²) >= 11 is 0. The second kappa shape index (κ2) is 6.96. The van der Waals surface area contributed by atoms with Crippen LogP contribution in [0, 0.1) is 13.8 Å². The Bertz CT molecular complexity index is 570. The lowest BCUT2D eigenvalue weighted by Gasteiger charge is -2.09. The number of nitrogens with one attached hydrogen (secondary N) is 1. The van der Waals surface area contributed by atoms with Crippen molar-refractivity contribution in [3.05, 3.63) is 11.6 Å². The average molecular weight is 291 g/mol. The fraction of sp³-hybridized carbons (Fsp3) is 0.615. The minimum Gasteiger partial charge on any atom is -0.463 e.